The van der Waals surface area contributed by atoms with E-state index in [1.54, 1.807) is 12.4 Å². The summed E-state index contributed by atoms with van der Waals surface area (Å²) in [5.74, 6) is 2.66. The van der Waals surface area contributed by atoms with Gasteiger partial charge in [0.1, 0.15) is 5.82 Å². The van der Waals surface area contributed by atoms with Gasteiger partial charge in [-0.25, -0.2) is 9.97 Å². The molecule has 26 heavy (non-hydrogen) atoms. The lowest BCUT2D eigenvalue weighted by Gasteiger charge is -2.28. The van der Waals surface area contributed by atoms with E-state index in [1.165, 1.54) is 24.8 Å². The lowest BCUT2D eigenvalue weighted by atomic mass is 9.96. The number of fused-ring (bicyclic) bond motifs is 1. The highest BCUT2D eigenvalue weighted by Crippen LogP contribution is 2.28. The molecular formula is C20H27N5O. The monoisotopic (exact) mass is 353 g/mol. The van der Waals surface area contributed by atoms with E-state index in [4.69, 9.17) is 14.7 Å². The molecule has 2 aromatic heterocycles. The molecular weight excluding hydrogens is 326 g/mol. The van der Waals surface area contributed by atoms with Crippen LogP contribution in [0.5, 0.6) is 0 Å². The number of anilines is 1. The van der Waals surface area contributed by atoms with Crippen LogP contribution in [0.1, 0.15) is 30.5 Å². The fourth-order valence-corrected chi connectivity index (χ4v) is 3.80. The molecule has 0 saturated carbocycles. The average molecular weight is 353 g/mol. The highest BCUT2D eigenvalue weighted by atomic mass is 16.5. The van der Waals surface area contributed by atoms with Gasteiger partial charge in [0.25, 0.3) is 0 Å². The molecule has 0 aromatic carbocycles. The first kappa shape index (κ1) is 17.4. The summed E-state index contributed by atoms with van der Waals surface area (Å²) in [6, 6.07) is 3.95. The summed E-state index contributed by atoms with van der Waals surface area (Å²) in [5.41, 5.74) is 3.45. The zero-order chi connectivity index (χ0) is 17.8. The van der Waals surface area contributed by atoms with Gasteiger partial charge < -0.3 is 15.0 Å². The number of hydrogen-bond acceptors (Lipinski definition) is 6. The molecule has 1 N–H and O–H groups in total. The first-order valence-corrected chi connectivity index (χ1v) is 9.61. The van der Waals surface area contributed by atoms with Crippen molar-refractivity contribution in [1.29, 1.82) is 0 Å². The summed E-state index contributed by atoms with van der Waals surface area (Å²) in [6.45, 7) is 4.66. The zero-order valence-electron chi connectivity index (χ0n) is 15.4. The summed E-state index contributed by atoms with van der Waals surface area (Å²) in [6.07, 6.45) is 8.14. The van der Waals surface area contributed by atoms with Crippen LogP contribution in [0, 0.1) is 5.92 Å². The summed E-state index contributed by atoms with van der Waals surface area (Å²) in [7, 11) is 2.17. The SMILES string of the molecule is CN(CCC1CCOCC1)c1nc(-c2ccncc2)nc2c1CCNC2. The standard InChI is InChI=1S/C20H27N5O/c1-25(11-5-15-6-12-26-13-7-15)20-17-4-10-22-14-18(17)23-19(24-20)16-2-8-21-9-3-16/h2-3,8-9,15,22H,4-7,10-14H2,1H3. The van der Waals surface area contributed by atoms with E-state index in [-0.39, 0.29) is 0 Å². The lowest BCUT2D eigenvalue weighted by Crippen LogP contribution is -2.30. The maximum atomic E-state index is 5.48. The minimum absolute atomic E-state index is 0.769. The largest absolute Gasteiger partial charge is 0.381 e. The molecule has 6 heteroatoms. The number of ether oxygens (including phenoxy) is 1. The summed E-state index contributed by atoms with van der Waals surface area (Å²) in [5, 5.41) is 3.43. The Balaban J connectivity index is 1.58. The third kappa shape index (κ3) is 3.86. The van der Waals surface area contributed by atoms with Crippen LogP contribution in [0.15, 0.2) is 24.5 Å². The molecule has 0 unspecified atom stereocenters. The van der Waals surface area contributed by atoms with Gasteiger partial charge in [0, 0.05) is 56.9 Å². The Morgan fingerprint density at radius 3 is 2.81 bits per heavy atom. The van der Waals surface area contributed by atoms with E-state index >= 15 is 0 Å². The molecule has 0 radical (unpaired) electrons. The topological polar surface area (TPSA) is 63.2 Å². The van der Waals surface area contributed by atoms with Crippen molar-refractivity contribution in [3.8, 4) is 11.4 Å². The lowest BCUT2D eigenvalue weighted by molar-refractivity contribution is 0.0645. The molecule has 1 saturated heterocycles. The van der Waals surface area contributed by atoms with Gasteiger partial charge in [-0.3, -0.25) is 4.98 Å². The molecule has 2 aliphatic heterocycles. The number of nitrogens with zero attached hydrogens (tertiary/aromatic N) is 4. The minimum atomic E-state index is 0.769. The molecule has 0 aliphatic carbocycles. The van der Waals surface area contributed by atoms with Gasteiger partial charge in [-0.15, -0.1) is 0 Å². The number of aromatic nitrogens is 3. The van der Waals surface area contributed by atoms with Gasteiger partial charge >= 0.3 is 0 Å². The van der Waals surface area contributed by atoms with Gasteiger partial charge in [-0.05, 0) is 50.3 Å². The summed E-state index contributed by atoms with van der Waals surface area (Å²) in [4.78, 5) is 16.2. The Bertz CT molecular complexity index is 730. The Morgan fingerprint density at radius 1 is 1.19 bits per heavy atom. The van der Waals surface area contributed by atoms with Gasteiger partial charge in [0.2, 0.25) is 0 Å². The Kier molecular flexibility index (Phi) is 5.41. The first-order valence-electron chi connectivity index (χ1n) is 9.61. The van der Waals surface area contributed by atoms with Crippen molar-refractivity contribution < 1.29 is 4.74 Å². The van der Waals surface area contributed by atoms with Crippen LogP contribution < -0.4 is 10.2 Å². The predicted octanol–water partition coefficient (Wildman–Crippen LogP) is 2.44. The van der Waals surface area contributed by atoms with Crippen molar-refractivity contribution in [3.05, 3.63) is 35.8 Å². The molecule has 4 heterocycles. The van der Waals surface area contributed by atoms with Crippen molar-refractivity contribution in [2.24, 2.45) is 5.92 Å². The van der Waals surface area contributed by atoms with E-state index in [2.05, 4.69) is 22.2 Å². The molecule has 6 nitrogen and oxygen atoms in total. The van der Waals surface area contributed by atoms with Crippen molar-refractivity contribution >= 4 is 5.82 Å². The van der Waals surface area contributed by atoms with Crippen LogP contribution in [-0.2, 0) is 17.7 Å². The number of rotatable bonds is 5. The molecule has 0 spiro atoms. The average Bonchev–Trinajstić information content (AvgIpc) is 2.72. The maximum Gasteiger partial charge on any atom is 0.161 e. The van der Waals surface area contributed by atoms with E-state index in [0.717, 1.165) is 68.1 Å². The Hall–Kier alpha value is -2.05. The highest BCUT2D eigenvalue weighted by molar-refractivity contribution is 5.60. The van der Waals surface area contributed by atoms with Crippen LogP contribution in [0.25, 0.3) is 11.4 Å². The first-order chi connectivity index (χ1) is 12.8. The fourth-order valence-electron chi connectivity index (χ4n) is 3.80. The van der Waals surface area contributed by atoms with Crippen LogP contribution in [0.3, 0.4) is 0 Å². The second kappa shape index (κ2) is 8.10. The van der Waals surface area contributed by atoms with Crippen LogP contribution >= 0.6 is 0 Å². The third-order valence-corrected chi connectivity index (χ3v) is 5.43. The smallest absolute Gasteiger partial charge is 0.161 e. The van der Waals surface area contributed by atoms with E-state index in [1.807, 2.05) is 12.1 Å². The second-order valence-electron chi connectivity index (χ2n) is 7.22. The minimum Gasteiger partial charge on any atom is -0.381 e. The van der Waals surface area contributed by atoms with Crippen molar-refractivity contribution in [2.75, 3.05) is 38.3 Å². The van der Waals surface area contributed by atoms with Crippen molar-refractivity contribution in [3.63, 3.8) is 0 Å². The van der Waals surface area contributed by atoms with Gasteiger partial charge in [0.15, 0.2) is 5.82 Å². The van der Waals surface area contributed by atoms with Gasteiger partial charge in [-0.2, -0.15) is 0 Å². The fraction of sp³-hybridized carbons (Fsp3) is 0.550. The van der Waals surface area contributed by atoms with Crippen molar-refractivity contribution in [2.45, 2.75) is 32.2 Å². The summed E-state index contributed by atoms with van der Waals surface area (Å²) < 4.78 is 5.48. The number of nitrogens with one attached hydrogen (secondary N) is 1. The third-order valence-electron chi connectivity index (χ3n) is 5.43. The molecule has 138 valence electrons. The molecule has 1 fully saturated rings. The maximum absolute atomic E-state index is 5.48. The number of hydrogen-bond donors (Lipinski definition) is 1. The van der Waals surface area contributed by atoms with Crippen LogP contribution in [0.4, 0.5) is 5.82 Å². The molecule has 0 bridgehead atoms. The normalized spacial score (nSPS) is 17.7. The molecule has 0 amide bonds. The van der Waals surface area contributed by atoms with E-state index < -0.39 is 0 Å². The Labute approximate surface area is 155 Å². The molecule has 2 aliphatic rings. The highest BCUT2D eigenvalue weighted by Gasteiger charge is 2.21. The van der Waals surface area contributed by atoms with E-state index in [9.17, 15) is 0 Å². The predicted molar refractivity (Wildman–Crippen MR) is 102 cm³/mol. The molecule has 0 atom stereocenters. The molecule has 4 rings (SSSR count). The Morgan fingerprint density at radius 2 is 2.00 bits per heavy atom. The second-order valence-corrected chi connectivity index (χ2v) is 7.22. The van der Waals surface area contributed by atoms with Gasteiger partial charge in [-0.1, -0.05) is 0 Å². The van der Waals surface area contributed by atoms with E-state index in [0.29, 0.717) is 0 Å². The summed E-state index contributed by atoms with van der Waals surface area (Å²) >= 11 is 0. The van der Waals surface area contributed by atoms with Gasteiger partial charge in [0.05, 0.1) is 5.69 Å². The van der Waals surface area contributed by atoms with Crippen molar-refractivity contribution in [1.82, 2.24) is 20.3 Å². The molecule has 2 aromatic rings. The van der Waals surface area contributed by atoms with Crippen LogP contribution in [-0.4, -0.2) is 48.3 Å². The zero-order valence-corrected chi connectivity index (χ0v) is 15.4. The number of pyridine rings is 1. The van der Waals surface area contributed by atoms with Crippen LogP contribution in [0.2, 0.25) is 0 Å². The quantitative estimate of drug-likeness (QED) is 0.891.